The Hall–Kier alpha value is -3.22. The summed E-state index contributed by atoms with van der Waals surface area (Å²) in [6.45, 7) is 2.18. The molecular formula is C22H23N5O2. The molecule has 1 aliphatic carbocycles. The molecular weight excluding hydrogens is 366 g/mol. The Labute approximate surface area is 168 Å². The molecule has 0 aliphatic heterocycles. The summed E-state index contributed by atoms with van der Waals surface area (Å²) in [6.07, 6.45) is 6.48. The highest BCUT2D eigenvalue weighted by Gasteiger charge is 2.39. The number of fused-ring (bicyclic) bond motifs is 3. The molecule has 148 valence electrons. The number of rotatable bonds is 5. The molecule has 29 heavy (non-hydrogen) atoms. The molecule has 7 heteroatoms. The van der Waals surface area contributed by atoms with Crippen LogP contribution in [0.15, 0.2) is 48.8 Å². The lowest BCUT2D eigenvalue weighted by atomic mass is 9.93. The van der Waals surface area contributed by atoms with E-state index in [1.54, 1.807) is 6.20 Å². The zero-order valence-electron chi connectivity index (χ0n) is 16.3. The number of aromatic amines is 1. The number of carbonyl (C=O) groups is 1. The molecule has 3 aromatic heterocycles. The van der Waals surface area contributed by atoms with Gasteiger partial charge in [0.25, 0.3) is 0 Å². The van der Waals surface area contributed by atoms with Gasteiger partial charge in [0.2, 0.25) is 0 Å². The summed E-state index contributed by atoms with van der Waals surface area (Å²) in [5.41, 5.74) is 3.51. The highest BCUT2D eigenvalue weighted by atomic mass is 16.5. The van der Waals surface area contributed by atoms with Crippen molar-refractivity contribution in [1.82, 2.24) is 24.6 Å². The number of carbonyl (C=O) groups excluding carboxylic acids is 1. The number of nitrogens with one attached hydrogen (secondary N) is 1. The van der Waals surface area contributed by atoms with Gasteiger partial charge in [0.1, 0.15) is 11.9 Å². The lowest BCUT2D eigenvalue weighted by molar-refractivity contribution is -0.148. The number of hydrogen-bond acceptors (Lipinski definition) is 5. The first-order valence-corrected chi connectivity index (χ1v) is 10.1. The molecule has 0 bridgehead atoms. The third-order valence-corrected chi connectivity index (χ3v) is 5.96. The molecule has 1 fully saturated rings. The van der Waals surface area contributed by atoms with Gasteiger partial charge < -0.3 is 9.72 Å². The highest BCUT2D eigenvalue weighted by Crippen LogP contribution is 2.42. The summed E-state index contributed by atoms with van der Waals surface area (Å²) in [6, 6.07) is 11.7. The molecule has 4 aromatic rings. The van der Waals surface area contributed by atoms with E-state index >= 15 is 0 Å². The monoisotopic (exact) mass is 389 g/mol. The number of nitrogens with zero attached hydrogens (tertiary/aromatic N) is 4. The van der Waals surface area contributed by atoms with Gasteiger partial charge in [0.15, 0.2) is 11.3 Å². The fraction of sp³-hybridized carbons (Fsp3) is 0.364. The Kier molecular flexibility index (Phi) is 4.50. The van der Waals surface area contributed by atoms with Crippen LogP contribution in [0.1, 0.15) is 43.5 Å². The van der Waals surface area contributed by atoms with E-state index in [4.69, 9.17) is 4.74 Å². The molecule has 5 rings (SSSR count). The largest absolute Gasteiger partial charge is 0.462 e. The van der Waals surface area contributed by atoms with Crippen molar-refractivity contribution in [2.75, 3.05) is 0 Å². The van der Waals surface area contributed by atoms with E-state index in [2.05, 4.69) is 31.5 Å². The van der Waals surface area contributed by atoms with Crippen molar-refractivity contribution in [3.8, 4) is 0 Å². The molecule has 3 heterocycles. The van der Waals surface area contributed by atoms with Crippen LogP contribution in [-0.4, -0.2) is 36.6 Å². The van der Waals surface area contributed by atoms with Crippen molar-refractivity contribution in [1.29, 1.82) is 0 Å². The number of ether oxygens (including phenoxy) is 1. The van der Waals surface area contributed by atoms with Crippen molar-refractivity contribution in [3.05, 3.63) is 60.2 Å². The molecule has 7 nitrogen and oxygen atoms in total. The third-order valence-electron chi connectivity index (χ3n) is 5.96. The van der Waals surface area contributed by atoms with Crippen molar-refractivity contribution in [2.24, 2.45) is 5.92 Å². The first kappa shape index (κ1) is 17.8. The minimum Gasteiger partial charge on any atom is -0.462 e. The molecule has 1 N–H and O–H groups in total. The summed E-state index contributed by atoms with van der Waals surface area (Å²) in [7, 11) is 0. The Morgan fingerprint density at radius 3 is 2.90 bits per heavy atom. The maximum atomic E-state index is 12.4. The van der Waals surface area contributed by atoms with Crippen LogP contribution >= 0.6 is 0 Å². The van der Waals surface area contributed by atoms with Gasteiger partial charge in [-0.05, 0) is 30.4 Å². The molecule has 0 unspecified atom stereocenters. The summed E-state index contributed by atoms with van der Waals surface area (Å²) in [4.78, 5) is 20.0. The van der Waals surface area contributed by atoms with Gasteiger partial charge in [-0.25, -0.2) is 4.98 Å². The van der Waals surface area contributed by atoms with E-state index in [-0.39, 0.29) is 18.0 Å². The fourth-order valence-electron chi connectivity index (χ4n) is 4.57. The average Bonchev–Trinajstić information content (AvgIpc) is 3.45. The molecule has 0 spiro atoms. The second kappa shape index (κ2) is 7.31. The molecule has 0 radical (unpaired) electrons. The van der Waals surface area contributed by atoms with Gasteiger partial charge in [-0.1, -0.05) is 43.7 Å². The standard InChI is InChI=1S/C22H23N5O2/c1-2-15-11-16(29-20(28)10-14-6-4-3-5-7-14)12-17(15)22-26-25-19-13-24-21-18(27(19)22)8-9-23-21/h3-9,13,15-17,23H,2,10-12H2,1H3/t15-,16+,17+/m1/s1. The minimum atomic E-state index is -0.167. The average molecular weight is 389 g/mol. The van der Waals surface area contributed by atoms with Crippen LogP contribution in [0.25, 0.3) is 16.8 Å². The zero-order valence-corrected chi connectivity index (χ0v) is 16.3. The van der Waals surface area contributed by atoms with Gasteiger partial charge >= 0.3 is 5.97 Å². The second-order valence-corrected chi connectivity index (χ2v) is 7.74. The maximum absolute atomic E-state index is 12.4. The van der Waals surface area contributed by atoms with Crippen LogP contribution in [-0.2, 0) is 16.0 Å². The normalized spacial score (nSPS) is 21.8. The Morgan fingerprint density at radius 1 is 1.21 bits per heavy atom. The van der Waals surface area contributed by atoms with Crippen molar-refractivity contribution in [2.45, 2.75) is 44.6 Å². The number of esters is 1. The van der Waals surface area contributed by atoms with Gasteiger partial charge in [-0.3, -0.25) is 9.20 Å². The van der Waals surface area contributed by atoms with Crippen molar-refractivity contribution in [3.63, 3.8) is 0 Å². The zero-order chi connectivity index (χ0) is 19.8. The van der Waals surface area contributed by atoms with Crippen LogP contribution in [0, 0.1) is 5.92 Å². The second-order valence-electron chi connectivity index (χ2n) is 7.74. The predicted molar refractivity (Wildman–Crippen MR) is 108 cm³/mol. The van der Waals surface area contributed by atoms with E-state index in [1.165, 1.54) is 0 Å². The van der Waals surface area contributed by atoms with Crippen LogP contribution < -0.4 is 0 Å². The van der Waals surface area contributed by atoms with E-state index in [9.17, 15) is 4.79 Å². The summed E-state index contributed by atoms with van der Waals surface area (Å²) in [5.74, 6) is 1.37. The number of aromatic nitrogens is 5. The predicted octanol–water partition coefficient (Wildman–Crippen LogP) is 3.66. The van der Waals surface area contributed by atoms with Crippen LogP contribution in [0.4, 0.5) is 0 Å². The quantitative estimate of drug-likeness (QED) is 0.527. The highest BCUT2D eigenvalue weighted by molar-refractivity contribution is 5.74. The number of benzene rings is 1. The molecule has 1 saturated carbocycles. The minimum absolute atomic E-state index is 0.0861. The lowest BCUT2D eigenvalue weighted by Gasteiger charge is -2.15. The molecule has 0 saturated heterocycles. The topological polar surface area (TPSA) is 85.2 Å². The van der Waals surface area contributed by atoms with E-state index in [0.29, 0.717) is 12.3 Å². The molecule has 1 aliphatic rings. The van der Waals surface area contributed by atoms with Crippen molar-refractivity contribution < 1.29 is 9.53 Å². The number of H-pyrrole nitrogens is 1. The smallest absolute Gasteiger partial charge is 0.310 e. The lowest BCUT2D eigenvalue weighted by Crippen LogP contribution is -2.17. The Morgan fingerprint density at radius 2 is 2.07 bits per heavy atom. The maximum Gasteiger partial charge on any atom is 0.310 e. The van der Waals surface area contributed by atoms with Gasteiger partial charge in [-0.15, -0.1) is 10.2 Å². The van der Waals surface area contributed by atoms with Crippen LogP contribution in [0.2, 0.25) is 0 Å². The summed E-state index contributed by atoms with van der Waals surface area (Å²) in [5, 5.41) is 8.84. The van der Waals surface area contributed by atoms with Crippen LogP contribution in [0.5, 0.6) is 0 Å². The van der Waals surface area contributed by atoms with E-state index in [1.807, 2.05) is 42.6 Å². The van der Waals surface area contributed by atoms with Gasteiger partial charge in [-0.2, -0.15) is 0 Å². The fourth-order valence-corrected chi connectivity index (χ4v) is 4.57. The van der Waals surface area contributed by atoms with Gasteiger partial charge in [0, 0.05) is 12.1 Å². The van der Waals surface area contributed by atoms with Crippen molar-refractivity contribution >= 4 is 22.8 Å². The number of hydrogen-bond donors (Lipinski definition) is 1. The molecule has 1 aromatic carbocycles. The molecule has 0 amide bonds. The Bertz CT molecular complexity index is 1150. The SMILES string of the molecule is CC[C@@H]1C[C@H](OC(=O)Cc2ccccc2)C[C@@H]1c1nnc2cnc3[nH]ccc3n12. The molecule has 3 atom stereocenters. The van der Waals surface area contributed by atoms with Gasteiger partial charge in [0.05, 0.1) is 18.1 Å². The first-order chi connectivity index (χ1) is 14.2. The first-order valence-electron chi connectivity index (χ1n) is 10.1. The third kappa shape index (κ3) is 3.26. The summed E-state index contributed by atoms with van der Waals surface area (Å²) >= 11 is 0. The Balaban J connectivity index is 1.38. The van der Waals surface area contributed by atoms with E-state index < -0.39 is 0 Å². The summed E-state index contributed by atoms with van der Waals surface area (Å²) < 4.78 is 7.93. The van der Waals surface area contributed by atoms with Crippen LogP contribution in [0.3, 0.4) is 0 Å². The van der Waals surface area contributed by atoms with E-state index in [0.717, 1.165) is 47.5 Å².